The number of fused-ring (bicyclic) bond motifs is 1. The van der Waals surface area contributed by atoms with Crippen molar-refractivity contribution in [3.63, 3.8) is 0 Å². The number of ether oxygens (including phenoxy) is 1. The molecule has 0 aliphatic rings. The molecule has 3 aromatic rings. The molecule has 9 heteroatoms. The molecule has 0 fully saturated rings. The fourth-order valence-corrected chi connectivity index (χ4v) is 4.46. The Hall–Kier alpha value is -2.10. The molecule has 7 nitrogen and oxygen atoms in total. The van der Waals surface area contributed by atoms with Gasteiger partial charge < -0.3 is 4.74 Å². The minimum atomic E-state index is -4.26. The third kappa shape index (κ3) is 10.3. The molecule has 0 bridgehead atoms. The van der Waals surface area contributed by atoms with E-state index >= 15 is 0 Å². The van der Waals surface area contributed by atoms with Gasteiger partial charge in [-0.15, -0.1) is 5.11 Å². The van der Waals surface area contributed by atoms with Crippen molar-refractivity contribution in [3.05, 3.63) is 60.7 Å². The van der Waals surface area contributed by atoms with Gasteiger partial charge in [-0.3, -0.25) is 9.35 Å². The van der Waals surface area contributed by atoms with Gasteiger partial charge in [0.2, 0.25) is 0 Å². The molecule has 37 heavy (non-hydrogen) atoms. The maximum atomic E-state index is 12.4. The third-order valence-corrected chi connectivity index (χ3v) is 6.84. The van der Waals surface area contributed by atoms with E-state index in [0.29, 0.717) is 23.5 Å². The molecule has 0 unspecified atom stereocenters. The molecule has 0 aliphatic heterocycles. The summed E-state index contributed by atoms with van der Waals surface area (Å²) in [6.45, 7) is 2.22. The molecule has 0 atom stereocenters. The van der Waals surface area contributed by atoms with Crippen LogP contribution in [0, 0.1) is 0 Å². The van der Waals surface area contributed by atoms with Gasteiger partial charge >= 0.3 is 35.5 Å². The number of azo groups is 1. The molecule has 0 saturated carbocycles. The molecule has 0 radical (unpaired) electrons. The first-order valence-corrected chi connectivity index (χ1v) is 14.0. The summed E-state index contributed by atoms with van der Waals surface area (Å²) in [5, 5.41) is 10.00. The third-order valence-electron chi connectivity index (χ3n) is 5.98. The van der Waals surface area contributed by atoms with E-state index in [2.05, 4.69) is 17.2 Å². The fourth-order valence-electron chi connectivity index (χ4n) is 3.98. The quantitative estimate of drug-likeness (QED) is 0.0570. The van der Waals surface area contributed by atoms with Crippen LogP contribution in [-0.2, 0) is 14.9 Å². The van der Waals surface area contributed by atoms with Crippen LogP contribution in [0.15, 0.2) is 75.8 Å². The Balaban J connectivity index is 0.00000481. The van der Waals surface area contributed by atoms with Crippen LogP contribution in [0.25, 0.3) is 10.8 Å². The van der Waals surface area contributed by atoms with Crippen molar-refractivity contribution in [2.45, 2.75) is 76.0 Å². The van der Waals surface area contributed by atoms with Gasteiger partial charge in [0.15, 0.2) is 0 Å². The fraction of sp³-hybridized carbons (Fsp3) is 0.393. The van der Waals surface area contributed by atoms with E-state index in [1.54, 1.807) is 12.1 Å². The number of carbonyl (C=O) groups is 1. The minimum absolute atomic E-state index is 0. The van der Waals surface area contributed by atoms with E-state index < -0.39 is 10.1 Å². The summed E-state index contributed by atoms with van der Waals surface area (Å²) >= 11 is 0. The van der Waals surface area contributed by atoms with Crippen molar-refractivity contribution in [3.8, 4) is 5.75 Å². The van der Waals surface area contributed by atoms with Gasteiger partial charge in [0, 0.05) is 17.2 Å². The molecule has 0 heterocycles. The van der Waals surface area contributed by atoms with Crippen LogP contribution in [0.4, 0.5) is 11.4 Å². The summed E-state index contributed by atoms with van der Waals surface area (Å²) in [6, 6.07) is 16.4. The van der Waals surface area contributed by atoms with Crippen molar-refractivity contribution >= 4 is 67.8 Å². The Bertz CT molecular complexity index is 1280. The zero-order valence-electron chi connectivity index (χ0n) is 20.7. The van der Waals surface area contributed by atoms with Crippen molar-refractivity contribution in [1.29, 1.82) is 0 Å². The van der Waals surface area contributed by atoms with Crippen LogP contribution >= 0.6 is 0 Å². The Morgan fingerprint density at radius 3 is 2.00 bits per heavy atom. The Labute approximate surface area is 241 Å². The molecule has 0 aliphatic carbocycles. The van der Waals surface area contributed by atoms with Crippen LogP contribution in [0.3, 0.4) is 0 Å². The molecule has 0 spiro atoms. The second kappa shape index (κ2) is 16.0. The van der Waals surface area contributed by atoms with Crippen molar-refractivity contribution in [2.75, 3.05) is 0 Å². The molecule has 0 amide bonds. The van der Waals surface area contributed by atoms with Crippen LogP contribution in [0.5, 0.6) is 5.75 Å². The van der Waals surface area contributed by atoms with Crippen LogP contribution in [0.2, 0.25) is 0 Å². The van der Waals surface area contributed by atoms with Gasteiger partial charge in [-0.1, -0.05) is 82.6 Å². The van der Waals surface area contributed by atoms with Gasteiger partial charge in [-0.2, -0.15) is 13.5 Å². The van der Waals surface area contributed by atoms with E-state index in [0.717, 1.165) is 30.0 Å². The van der Waals surface area contributed by atoms with Gasteiger partial charge in [-0.05, 0) is 42.8 Å². The molecule has 3 rings (SSSR count). The van der Waals surface area contributed by atoms with Crippen molar-refractivity contribution in [1.82, 2.24) is 0 Å². The maximum absolute atomic E-state index is 12.4. The van der Waals surface area contributed by atoms with Crippen molar-refractivity contribution < 1.29 is 22.5 Å². The van der Waals surface area contributed by atoms with Gasteiger partial charge in [-0.25, -0.2) is 0 Å². The molecule has 3 aromatic carbocycles. The number of hydrogen-bond donors (Lipinski definition) is 1. The molecular formula is C28H35N2NaO5S. The van der Waals surface area contributed by atoms with Gasteiger partial charge in [0.1, 0.15) is 5.75 Å². The Morgan fingerprint density at radius 1 is 0.784 bits per heavy atom. The molecular weight excluding hydrogens is 499 g/mol. The number of unbranched alkanes of at least 4 members (excludes halogenated alkanes) is 8. The summed E-state index contributed by atoms with van der Waals surface area (Å²) in [7, 11) is -4.26. The second-order valence-electron chi connectivity index (χ2n) is 8.85. The summed E-state index contributed by atoms with van der Waals surface area (Å²) in [6.07, 6.45) is 11.1. The number of carbonyl (C=O) groups excluding carboxylic acids is 1. The number of benzene rings is 3. The molecule has 1 N–H and O–H groups in total. The molecule has 0 saturated heterocycles. The van der Waals surface area contributed by atoms with E-state index in [1.807, 2.05) is 24.3 Å². The van der Waals surface area contributed by atoms with Gasteiger partial charge in [0.05, 0.1) is 16.3 Å². The van der Waals surface area contributed by atoms with Crippen molar-refractivity contribution in [2.24, 2.45) is 10.2 Å². The Morgan fingerprint density at radius 2 is 1.38 bits per heavy atom. The summed E-state index contributed by atoms with van der Waals surface area (Å²) in [5.74, 6) is 0.249. The Kier molecular flexibility index (Phi) is 13.5. The summed E-state index contributed by atoms with van der Waals surface area (Å²) < 4.78 is 37.1. The SMILES string of the molecule is CCCCCCCCCCCC(=O)Oc1ccc(N=Nc2ccc(S(=O)(=O)O)cc2)c2ccccc12.[NaH]. The second-order valence-corrected chi connectivity index (χ2v) is 10.3. The first-order valence-electron chi connectivity index (χ1n) is 12.6. The number of hydrogen-bond acceptors (Lipinski definition) is 6. The van der Waals surface area contributed by atoms with Crippen LogP contribution in [0.1, 0.15) is 71.1 Å². The van der Waals surface area contributed by atoms with Crippen LogP contribution in [-0.4, -0.2) is 48.5 Å². The van der Waals surface area contributed by atoms with Gasteiger partial charge in [0.25, 0.3) is 10.1 Å². The van der Waals surface area contributed by atoms with Crippen LogP contribution < -0.4 is 4.74 Å². The predicted molar refractivity (Wildman–Crippen MR) is 149 cm³/mol. The monoisotopic (exact) mass is 534 g/mol. The zero-order valence-corrected chi connectivity index (χ0v) is 21.5. The molecule has 194 valence electrons. The molecule has 0 aromatic heterocycles. The average molecular weight is 535 g/mol. The van der Waals surface area contributed by atoms with E-state index in [1.165, 1.54) is 62.8 Å². The first-order chi connectivity index (χ1) is 17.4. The standard InChI is InChI=1S/C28H34N2O5S.Na.H/c1-2-3-4-5-6-7-8-9-10-15-28(31)35-27-21-20-26(24-13-11-12-14-25(24)27)30-29-22-16-18-23(19-17-22)36(32,33)34;;/h11-14,16-21H,2-10,15H2,1H3,(H,32,33,34);;. The number of rotatable bonds is 14. The average Bonchev–Trinajstić information content (AvgIpc) is 2.87. The topological polar surface area (TPSA) is 105 Å². The zero-order chi connectivity index (χ0) is 25.8. The summed E-state index contributed by atoms with van der Waals surface area (Å²) in [5.41, 5.74) is 1.02. The normalized spacial score (nSPS) is 11.5. The number of nitrogens with zero attached hydrogens (tertiary/aromatic N) is 2. The van der Waals surface area contributed by atoms with E-state index in [-0.39, 0.29) is 40.4 Å². The summed E-state index contributed by atoms with van der Waals surface area (Å²) in [4.78, 5) is 12.2. The first kappa shape index (κ1) is 31.1. The number of esters is 1. The van der Waals surface area contributed by atoms with E-state index in [9.17, 15) is 13.2 Å². The van der Waals surface area contributed by atoms with E-state index in [4.69, 9.17) is 9.29 Å². The predicted octanol–water partition coefficient (Wildman–Crippen LogP) is 7.68.